The fourth-order valence-corrected chi connectivity index (χ4v) is 7.76. The number of imide groups is 1. The van der Waals surface area contributed by atoms with Crippen molar-refractivity contribution >= 4 is 52.2 Å². The second kappa shape index (κ2) is 10.9. The summed E-state index contributed by atoms with van der Waals surface area (Å²) in [4.78, 5) is 57.3. The number of H-pyrrole nitrogens is 1. The van der Waals surface area contributed by atoms with Crippen molar-refractivity contribution in [2.45, 2.75) is 23.1 Å². The van der Waals surface area contributed by atoms with Crippen LogP contribution in [0.25, 0.3) is 0 Å². The van der Waals surface area contributed by atoms with Crippen LogP contribution < -0.4 is 24.6 Å². The van der Waals surface area contributed by atoms with Gasteiger partial charge in [-0.2, -0.15) is 0 Å². The highest BCUT2D eigenvalue weighted by molar-refractivity contribution is 8.00. The number of methoxy groups -OCH3 is 1. The number of thioether (sulfide) groups is 1. The van der Waals surface area contributed by atoms with E-state index in [1.807, 2.05) is 43.3 Å². The number of benzene rings is 3. The maximum atomic E-state index is 14.0. The number of nitrogens with one attached hydrogen (secondary N) is 2. The summed E-state index contributed by atoms with van der Waals surface area (Å²) >= 11 is 2.22. The molecule has 6 rings (SSSR count). The largest absolute Gasteiger partial charge is 0.497 e. The number of amides is 3. The number of carbonyl (C=O) groups is 3. The maximum Gasteiger partial charge on any atom is 0.305 e. The number of hydrogen-bond donors (Lipinski definition) is 2. The molecule has 3 aromatic carbocycles. The summed E-state index contributed by atoms with van der Waals surface area (Å²) in [6, 6.07) is 21.3. The van der Waals surface area contributed by atoms with Crippen LogP contribution in [0.3, 0.4) is 0 Å². The molecule has 2 N–H and O–H groups in total. The van der Waals surface area contributed by atoms with Crippen molar-refractivity contribution in [3.8, 4) is 11.5 Å². The fourth-order valence-electron chi connectivity index (χ4n) is 5.25. The van der Waals surface area contributed by atoms with Crippen molar-refractivity contribution < 1.29 is 23.9 Å². The molecule has 11 heteroatoms. The number of hydrogen-bond acceptors (Lipinski definition) is 8. The van der Waals surface area contributed by atoms with Crippen LogP contribution >= 0.6 is 23.1 Å². The number of anilines is 2. The van der Waals surface area contributed by atoms with Gasteiger partial charge in [-0.1, -0.05) is 59.5 Å². The molecule has 3 amide bonds. The summed E-state index contributed by atoms with van der Waals surface area (Å²) in [7, 11) is 1.54. The average molecular weight is 588 g/mol. The lowest BCUT2D eigenvalue weighted by molar-refractivity contribution is -0.122. The summed E-state index contributed by atoms with van der Waals surface area (Å²) in [5.41, 5.74) is 2.69. The van der Waals surface area contributed by atoms with Crippen LogP contribution in [0.4, 0.5) is 11.4 Å². The third-order valence-corrected chi connectivity index (χ3v) is 9.59. The van der Waals surface area contributed by atoms with Gasteiger partial charge in [0.15, 0.2) is 6.61 Å². The summed E-state index contributed by atoms with van der Waals surface area (Å²) < 4.78 is 11.2. The second-order valence-electron chi connectivity index (χ2n) is 9.65. The van der Waals surface area contributed by atoms with Crippen molar-refractivity contribution in [1.82, 2.24) is 4.98 Å². The van der Waals surface area contributed by atoms with Crippen molar-refractivity contribution in [2.75, 3.05) is 23.9 Å². The second-order valence-corrected chi connectivity index (χ2v) is 11.8. The number of rotatable bonds is 7. The first-order chi connectivity index (χ1) is 19.9. The molecular weight excluding hydrogens is 562 g/mol. The number of ether oxygens (including phenoxy) is 2. The quantitative estimate of drug-likeness (QED) is 0.304. The predicted molar refractivity (Wildman–Crippen MR) is 157 cm³/mol. The van der Waals surface area contributed by atoms with Gasteiger partial charge in [-0.3, -0.25) is 19.2 Å². The van der Waals surface area contributed by atoms with Crippen molar-refractivity contribution in [3.63, 3.8) is 0 Å². The first kappa shape index (κ1) is 26.9. The Bertz CT molecular complexity index is 1710. The summed E-state index contributed by atoms with van der Waals surface area (Å²) in [5, 5.41) is 2.67. The van der Waals surface area contributed by atoms with Gasteiger partial charge in [-0.15, -0.1) is 0 Å². The number of thiazole rings is 1. The molecule has 3 atom stereocenters. The molecule has 1 fully saturated rings. The third kappa shape index (κ3) is 4.91. The monoisotopic (exact) mass is 587 g/mol. The maximum absolute atomic E-state index is 14.0. The predicted octanol–water partition coefficient (Wildman–Crippen LogP) is 4.57. The number of para-hydroxylation sites is 2. The normalized spacial score (nSPS) is 19.5. The molecule has 0 bridgehead atoms. The van der Waals surface area contributed by atoms with E-state index >= 15 is 0 Å². The van der Waals surface area contributed by atoms with E-state index in [1.54, 1.807) is 43.5 Å². The standard InChI is InChI=1S/C30H25N3O6S2/c1-16-7-3-5-9-20(16)31-22(34)15-39-21-10-6-4-8-19(21)23-24-26(40-27-25(23)41-30(37)32-27)29(36)33(28(24)35)17-11-13-18(38-2)14-12-17/h3-14,23-24,26H,15H2,1-2H3,(H,31,34)(H,32,37). The zero-order valence-corrected chi connectivity index (χ0v) is 23.7. The van der Waals surface area contributed by atoms with Crippen LogP contribution in [-0.2, 0) is 14.4 Å². The van der Waals surface area contributed by atoms with Gasteiger partial charge < -0.3 is 19.8 Å². The molecule has 1 aromatic heterocycles. The Hall–Kier alpha value is -4.35. The van der Waals surface area contributed by atoms with Gasteiger partial charge in [0.1, 0.15) is 16.7 Å². The van der Waals surface area contributed by atoms with Gasteiger partial charge >= 0.3 is 4.87 Å². The molecule has 208 valence electrons. The minimum atomic E-state index is -0.779. The Morgan fingerprint density at radius 2 is 1.71 bits per heavy atom. The van der Waals surface area contributed by atoms with Gasteiger partial charge in [-0.05, 0) is 48.9 Å². The minimum Gasteiger partial charge on any atom is -0.497 e. The highest BCUT2D eigenvalue weighted by Crippen LogP contribution is 2.54. The molecule has 3 heterocycles. The number of fused-ring (bicyclic) bond motifs is 2. The molecule has 0 radical (unpaired) electrons. The van der Waals surface area contributed by atoms with Crippen molar-refractivity contribution in [2.24, 2.45) is 5.92 Å². The van der Waals surface area contributed by atoms with Gasteiger partial charge in [0, 0.05) is 22.0 Å². The molecule has 41 heavy (non-hydrogen) atoms. The van der Waals surface area contributed by atoms with Gasteiger partial charge in [0.25, 0.3) is 5.91 Å². The molecular formula is C30H25N3O6S2. The topological polar surface area (TPSA) is 118 Å². The number of aryl methyl sites for hydroxylation is 1. The molecule has 0 saturated carbocycles. The van der Waals surface area contributed by atoms with E-state index in [2.05, 4.69) is 10.3 Å². The Labute approximate surface area is 243 Å². The Balaban J connectivity index is 1.34. The Kier molecular flexibility index (Phi) is 7.14. The van der Waals surface area contributed by atoms with E-state index < -0.39 is 17.1 Å². The Morgan fingerprint density at radius 1 is 0.976 bits per heavy atom. The molecule has 0 spiro atoms. The summed E-state index contributed by atoms with van der Waals surface area (Å²) in [6.45, 7) is 1.64. The van der Waals surface area contributed by atoms with Crippen LogP contribution in [0.1, 0.15) is 21.9 Å². The van der Waals surface area contributed by atoms with Crippen LogP contribution in [0.5, 0.6) is 11.5 Å². The van der Waals surface area contributed by atoms with Crippen LogP contribution in [-0.4, -0.2) is 41.7 Å². The highest BCUT2D eigenvalue weighted by Gasteiger charge is 2.56. The fraction of sp³-hybridized carbons (Fsp3) is 0.200. The lowest BCUT2D eigenvalue weighted by Gasteiger charge is -2.30. The van der Waals surface area contributed by atoms with E-state index in [-0.39, 0.29) is 29.2 Å². The first-order valence-electron chi connectivity index (χ1n) is 12.8. The average Bonchev–Trinajstić information content (AvgIpc) is 3.47. The van der Waals surface area contributed by atoms with E-state index in [1.165, 1.54) is 16.7 Å². The zero-order valence-electron chi connectivity index (χ0n) is 22.1. The van der Waals surface area contributed by atoms with Crippen LogP contribution in [0, 0.1) is 12.8 Å². The Morgan fingerprint density at radius 3 is 2.46 bits per heavy atom. The smallest absolute Gasteiger partial charge is 0.305 e. The van der Waals surface area contributed by atoms with E-state index in [9.17, 15) is 19.2 Å². The van der Waals surface area contributed by atoms with Crippen molar-refractivity contribution in [1.29, 1.82) is 0 Å². The van der Waals surface area contributed by atoms with Gasteiger partial charge in [-0.25, -0.2) is 4.90 Å². The van der Waals surface area contributed by atoms with E-state index in [0.29, 0.717) is 38.3 Å². The molecule has 2 aliphatic rings. The molecule has 4 aromatic rings. The SMILES string of the molecule is COc1ccc(N2C(=O)C3Sc4[nH]c(=O)sc4C(c4ccccc4OCC(=O)Nc4ccccc4C)C3C2=O)cc1. The summed E-state index contributed by atoms with van der Waals surface area (Å²) in [6.07, 6.45) is 0. The molecule has 0 aliphatic carbocycles. The molecule has 1 saturated heterocycles. The molecule has 2 aliphatic heterocycles. The number of aromatic nitrogens is 1. The van der Waals surface area contributed by atoms with Crippen LogP contribution in [0.2, 0.25) is 0 Å². The third-order valence-electron chi connectivity index (χ3n) is 7.19. The number of aromatic amines is 1. The van der Waals surface area contributed by atoms with Crippen molar-refractivity contribution in [3.05, 3.63) is 98.5 Å². The van der Waals surface area contributed by atoms with E-state index in [4.69, 9.17) is 9.47 Å². The van der Waals surface area contributed by atoms with Gasteiger partial charge in [0.2, 0.25) is 11.8 Å². The first-order valence-corrected chi connectivity index (χ1v) is 14.5. The lowest BCUT2D eigenvalue weighted by atomic mass is 9.82. The number of carbonyl (C=O) groups excluding carboxylic acids is 3. The highest BCUT2D eigenvalue weighted by atomic mass is 32.2. The minimum absolute atomic E-state index is 0.262. The van der Waals surface area contributed by atoms with Gasteiger partial charge in [0.05, 0.1) is 23.7 Å². The zero-order chi connectivity index (χ0) is 28.7. The summed E-state index contributed by atoms with van der Waals surface area (Å²) in [5.74, 6) is -1.45. The molecule has 3 unspecified atom stereocenters. The molecule has 9 nitrogen and oxygen atoms in total. The van der Waals surface area contributed by atoms with Crippen LogP contribution in [0.15, 0.2) is 82.6 Å². The number of nitrogens with zero attached hydrogens (tertiary/aromatic N) is 1. The lowest BCUT2D eigenvalue weighted by Crippen LogP contribution is -2.32. The van der Waals surface area contributed by atoms with E-state index in [0.717, 1.165) is 16.9 Å².